The van der Waals surface area contributed by atoms with Crippen molar-refractivity contribution in [3.8, 4) is 11.3 Å². The molecule has 1 aliphatic rings. The van der Waals surface area contributed by atoms with E-state index in [4.69, 9.17) is 0 Å². The van der Waals surface area contributed by atoms with Gasteiger partial charge in [0.2, 0.25) is 0 Å². The monoisotopic (exact) mass is 542 g/mol. The molecule has 0 saturated carbocycles. The molecule has 10 heteroatoms. The number of nitrogens with one attached hydrogen (secondary N) is 3. The van der Waals surface area contributed by atoms with Crippen LogP contribution in [-0.2, 0) is 13.1 Å². The summed E-state index contributed by atoms with van der Waals surface area (Å²) in [7, 11) is 0. The molecule has 3 aromatic heterocycles. The van der Waals surface area contributed by atoms with Gasteiger partial charge in [0.15, 0.2) is 0 Å². The van der Waals surface area contributed by atoms with Gasteiger partial charge in [-0.1, -0.05) is 36.4 Å². The number of carbonyl (C=O) groups excluding carboxylic acids is 1. The normalized spacial score (nSPS) is 15.3. The summed E-state index contributed by atoms with van der Waals surface area (Å²) in [5, 5.41) is 8.03. The fourth-order valence-electron chi connectivity index (χ4n) is 5.02. The number of rotatable bonds is 7. The SMILES string of the molecule is O=C(Nc1c[nH]c(=O)c(-c2cc3cc(CN4CCC(F)(F)CC4)ccc3[nH]2)c1)c1cnn(Cc2ccccc2)c1. The Balaban J connectivity index is 1.16. The van der Waals surface area contributed by atoms with Crippen molar-refractivity contribution in [3.05, 3.63) is 106 Å². The summed E-state index contributed by atoms with van der Waals surface area (Å²) in [6.45, 7) is 1.87. The number of aromatic nitrogens is 4. The molecule has 204 valence electrons. The Labute approximate surface area is 228 Å². The second-order valence-corrected chi connectivity index (χ2v) is 10.2. The van der Waals surface area contributed by atoms with Crippen LogP contribution in [0.4, 0.5) is 14.5 Å². The van der Waals surface area contributed by atoms with E-state index >= 15 is 0 Å². The molecule has 0 radical (unpaired) electrons. The molecule has 0 aliphatic carbocycles. The van der Waals surface area contributed by atoms with Crippen molar-refractivity contribution >= 4 is 22.5 Å². The lowest BCUT2D eigenvalue weighted by Gasteiger charge is -2.31. The minimum atomic E-state index is -2.57. The summed E-state index contributed by atoms with van der Waals surface area (Å²) in [5.41, 5.74) is 4.48. The largest absolute Gasteiger partial charge is 0.354 e. The van der Waals surface area contributed by atoms with Crippen LogP contribution in [0.2, 0.25) is 0 Å². The molecule has 0 atom stereocenters. The molecule has 0 unspecified atom stereocenters. The van der Waals surface area contributed by atoms with E-state index in [0.29, 0.717) is 48.7 Å². The van der Waals surface area contributed by atoms with Gasteiger partial charge in [-0.15, -0.1) is 0 Å². The Kier molecular flexibility index (Phi) is 6.77. The molecule has 1 saturated heterocycles. The number of carbonyl (C=O) groups is 1. The van der Waals surface area contributed by atoms with Crippen LogP contribution in [0.1, 0.15) is 34.3 Å². The standard InChI is InChI=1S/C30H28F2N6O2/c31-30(32)8-10-37(11-9-30)17-21-6-7-26-22(12-21)13-27(36-26)25-14-24(16-33-29(25)40)35-28(39)23-15-34-38(19-23)18-20-4-2-1-3-5-20/h1-7,12-16,19,36H,8-11,17-18H2,(H,33,40)(H,35,39). The zero-order valence-electron chi connectivity index (χ0n) is 21.7. The number of H-pyrrole nitrogens is 2. The molecule has 2 aromatic carbocycles. The number of fused-ring (bicyclic) bond motifs is 1. The van der Waals surface area contributed by atoms with Gasteiger partial charge < -0.3 is 15.3 Å². The van der Waals surface area contributed by atoms with Gasteiger partial charge in [-0.25, -0.2) is 8.78 Å². The molecule has 8 nitrogen and oxygen atoms in total. The molecule has 4 heterocycles. The van der Waals surface area contributed by atoms with Crippen LogP contribution in [-0.4, -0.2) is 49.6 Å². The van der Waals surface area contributed by atoms with Crippen molar-refractivity contribution in [2.24, 2.45) is 0 Å². The highest BCUT2D eigenvalue weighted by molar-refractivity contribution is 6.04. The fraction of sp³-hybridized carbons (Fsp3) is 0.233. The van der Waals surface area contributed by atoms with E-state index in [1.54, 1.807) is 16.9 Å². The fourth-order valence-corrected chi connectivity index (χ4v) is 5.02. The smallest absolute Gasteiger partial charge is 0.258 e. The number of likely N-dealkylation sites (tertiary alicyclic amines) is 1. The van der Waals surface area contributed by atoms with E-state index in [0.717, 1.165) is 22.0 Å². The van der Waals surface area contributed by atoms with E-state index in [1.165, 1.54) is 12.4 Å². The lowest BCUT2D eigenvalue weighted by molar-refractivity contribution is -0.0566. The molecule has 5 aromatic rings. The van der Waals surface area contributed by atoms with E-state index in [2.05, 4.69) is 20.4 Å². The van der Waals surface area contributed by atoms with Crippen LogP contribution in [0, 0.1) is 0 Å². The molecule has 0 spiro atoms. The highest BCUT2D eigenvalue weighted by Crippen LogP contribution is 2.29. The predicted molar refractivity (Wildman–Crippen MR) is 150 cm³/mol. The van der Waals surface area contributed by atoms with Crippen LogP contribution in [0.3, 0.4) is 0 Å². The summed E-state index contributed by atoms with van der Waals surface area (Å²) in [4.78, 5) is 33.6. The average Bonchev–Trinajstić information content (AvgIpc) is 3.58. The van der Waals surface area contributed by atoms with Crippen molar-refractivity contribution in [2.75, 3.05) is 18.4 Å². The van der Waals surface area contributed by atoms with Gasteiger partial charge in [0, 0.05) is 55.8 Å². The van der Waals surface area contributed by atoms with Crippen molar-refractivity contribution in [1.82, 2.24) is 24.6 Å². The van der Waals surface area contributed by atoms with Crippen molar-refractivity contribution in [3.63, 3.8) is 0 Å². The van der Waals surface area contributed by atoms with Gasteiger partial charge in [0.05, 0.1) is 35.2 Å². The van der Waals surface area contributed by atoms with E-state index < -0.39 is 5.92 Å². The summed E-state index contributed by atoms with van der Waals surface area (Å²) >= 11 is 0. The first-order chi connectivity index (χ1) is 19.3. The zero-order chi connectivity index (χ0) is 27.7. The number of benzene rings is 2. The molecular weight excluding hydrogens is 514 g/mol. The Morgan fingerprint density at radius 1 is 1.00 bits per heavy atom. The summed E-state index contributed by atoms with van der Waals surface area (Å²) < 4.78 is 28.7. The maximum Gasteiger partial charge on any atom is 0.258 e. The Morgan fingerprint density at radius 2 is 1.80 bits per heavy atom. The topological polar surface area (TPSA) is 98.8 Å². The van der Waals surface area contributed by atoms with E-state index in [-0.39, 0.29) is 24.3 Å². The molecule has 40 heavy (non-hydrogen) atoms. The summed E-state index contributed by atoms with van der Waals surface area (Å²) in [5.74, 6) is -2.91. The highest BCUT2D eigenvalue weighted by atomic mass is 19.3. The number of amides is 1. The maximum absolute atomic E-state index is 13.5. The second kappa shape index (κ2) is 10.5. The van der Waals surface area contributed by atoms with Gasteiger partial charge in [0.25, 0.3) is 17.4 Å². The van der Waals surface area contributed by atoms with Gasteiger partial charge in [-0.2, -0.15) is 5.10 Å². The van der Waals surface area contributed by atoms with Crippen LogP contribution >= 0.6 is 0 Å². The number of alkyl halides is 2. The lowest BCUT2D eigenvalue weighted by Crippen LogP contribution is -2.38. The quantitative estimate of drug-likeness (QED) is 0.262. The minimum Gasteiger partial charge on any atom is -0.354 e. The molecular formula is C30H28F2N6O2. The molecule has 0 bridgehead atoms. The van der Waals surface area contributed by atoms with E-state index in [1.807, 2.05) is 59.5 Å². The third-order valence-electron chi connectivity index (χ3n) is 7.21. The zero-order valence-corrected chi connectivity index (χ0v) is 21.7. The van der Waals surface area contributed by atoms with Gasteiger partial charge in [-0.05, 0) is 35.4 Å². The Hall–Kier alpha value is -4.57. The average molecular weight is 543 g/mol. The van der Waals surface area contributed by atoms with Crippen molar-refractivity contribution in [2.45, 2.75) is 31.9 Å². The third-order valence-corrected chi connectivity index (χ3v) is 7.21. The first kappa shape index (κ1) is 25.7. The van der Waals surface area contributed by atoms with Gasteiger partial charge in [0.1, 0.15) is 0 Å². The number of hydrogen-bond donors (Lipinski definition) is 3. The number of hydrogen-bond acceptors (Lipinski definition) is 4. The summed E-state index contributed by atoms with van der Waals surface area (Å²) in [6.07, 6.45) is 4.42. The molecule has 1 aliphatic heterocycles. The van der Waals surface area contributed by atoms with Crippen LogP contribution in [0.5, 0.6) is 0 Å². The van der Waals surface area contributed by atoms with Crippen LogP contribution < -0.4 is 10.9 Å². The molecule has 3 N–H and O–H groups in total. The number of piperidine rings is 1. The number of nitrogens with zero attached hydrogens (tertiary/aromatic N) is 3. The molecule has 1 fully saturated rings. The molecule has 1 amide bonds. The van der Waals surface area contributed by atoms with Crippen molar-refractivity contribution in [1.29, 1.82) is 0 Å². The van der Waals surface area contributed by atoms with Crippen molar-refractivity contribution < 1.29 is 13.6 Å². The number of halogens is 2. The first-order valence-electron chi connectivity index (χ1n) is 13.1. The van der Waals surface area contributed by atoms with Gasteiger partial charge >= 0.3 is 0 Å². The number of anilines is 1. The van der Waals surface area contributed by atoms with Gasteiger partial charge in [-0.3, -0.25) is 19.2 Å². The Bertz CT molecular complexity index is 1710. The van der Waals surface area contributed by atoms with Crippen LogP contribution in [0.25, 0.3) is 22.2 Å². The minimum absolute atomic E-state index is 0.116. The lowest BCUT2D eigenvalue weighted by atomic mass is 10.1. The molecule has 6 rings (SSSR count). The number of aromatic amines is 2. The second-order valence-electron chi connectivity index (χ2n) is 10.2. The predicted octanol–water partition coefficient (Wildman–Crippen LogP) is 5.25. The first-order valence-corrected chi connectivity index (χ1v) is 13.1. The van der Waals surface area contributed by atoms with Crippen LogP contribution in [0.15, 0.2) is 84.0 Å². The van der Waals surface area contributed by atoms with E-state index in [9.17, 15) is 18.4 Å². The number of pyridine rings is 1. The summed E-state index contributed by atoms with van der Waals surface area (Å²) in [6, 6.07) is 19.3. The Morgan fingerprint density at radius 3 is 2.60 bits per heavy atom. The third kappa shape index (κ3) is 5.72. The maximum atomic E-state index is 13.5. The highest BCUT2D eigenvalue weighted by Gasteiger charge is 2.33.